The summed E-state index contributed by atoms with van der Waals surface area (Å²) in [6, 6.07) is -0.0525. The van der Waals surface area contributed by atoms with Gasteiger partial charge in [0.15, 0.2) is 6.19 Å². The molecule has 1 fully saturated rings. The average molecular weight is 153 g/mol. The van der Waals surface area contributed by atoms with Gasteiger partial charge in [0, 0.05) is 6.04 Å². The molecule has 1 aliphatic rings. The highest BCUT2D eigenvalue weighted by Gasteiger charge is 2.29. The standard InChI is InChI=1S/C7H11N3O/c8-4-10-7(11)5-2-1-3-6(5)9/h5-6H,1-3,9H2,(H,10,11). The number of carbonyl (C=O) groups is 1. The van der Waals surface area contributed by atoms with Gasteiger partial charge in [0.2, 0.25) is 5.91 Å². The quantitative estimate of drug-likeness (QED) is 0.401. The predicted molar refractivity (Wildman–Crippen MR) is 39.1 cm³/mol. The average Bonchev–Trinajstić information content (AvgIpc) is 2.36. The smallest absolute Gasteiger partial charge is 0.237 e. The fourth-order valence-electron chi connectivity index (χ4n) is 1.46. The number of carbonyl (C=O) groups excluding carboxylic acids is 1. The molecule has 0 aromatic heterocycles. The lowest BCUT2D eigenvalue weighted by Gasteiger charge is -2.10. The van der Waals surface area contributed by atoms with Crippen molar-refractivity contribution >= 4 is 5.91 Å². The van der Waals surface area contributed by atoms with Crippen LogP contribution < -0.4 is 11.1 Å². The summed E-state index contributed by atoms with van der Waals surface area (Å²) in [7, 11) is 0. The molecule has 2 unspecified atom stereocenters. The fourth-order valence-corrected chi connectivity index (χ4v) is 1.46. The predicted octanol–water partition coefficient (Wildman–Crippen LogP) is -0.289. The van der Waals surface area contributed by atoms with Crippen molar-refractivity contribution < 1.29 is 4.79 Å². The summed E-state index contributed by atoms with van der Waals surface area (Å²) in [5, 5.41) is 10.3. The monoisotopic (exact) mass is 153 g/mol. The van der Waals surface area contributed by atoms with E-state index in [1.807, 2.05) is 0 Å². The van der Waals surface area contributed by atoms with E-state index in [0.29, 0.717) is 0 Å². The number of nitrogens with zero attached hydrogens (tertiary/aromatic N) is 1. The SMILES string of the molecule is N#CNC(=O)C1CCCC1N. The molecular formula is C7H11N3O. The van der Waals surface area contributed by atoms with Crippen molar-refractivity contribution in [1.82, 2.24) is 5.32 Å². The zero-order valence-electron chi connectivity index (χ0n) is 6.21. The molecule has 0 aromatic carbocycles. The Morgan fingerprint density at radius 2 is 2.36 bits per heavy atom. The molecule has 0 spiro atoms. The first-order chi connectivity index (χ1) is 5.25. The Morgan fingerprint density at radius 1 is 1.64 bits per heavy atom. The third-order valence-electron chi connectivity index (χ3n) is 2.09. The van der Waals surface area contributed by atoms with Crippen molar-refractivity contribution in [3.63, 3.8) is 0 Å². The number of amides is 1. The minimum Gasteiger partial charge on any atom is -0.327 e. The lowest BCUT2D eigenvalue weighted by Crippen LogP contribution is -2.36. The molecule has 1 aliphatic carbocycles. The Bertz CT molecular complexity index is 196. The van der Waals surface area contributed by atoms with Crippen molar-refractivity contribution in [3.05, 3.63) is 0 Å². The second kappa shape index (κ2) is 3.35. The van der Waals surface area contributed by atoms with E-state index in [2.05, 4.69) is 5.32 Å². The highest BCUT2D eigenvalue weighted by Crippen LogP contribution is 2.23. The summed E-state index contributed by atoms with van der Waals surface area (Å²) in [6.07, 6.45) is 4.31. The van der Waals surface area contributed by atoms with Gasteiger partial charge >= 0.3 is 0 Å². The third kappa shape index (κ3) is 1.69. The van der Waals surface area contributed by atoms with Gasteiger partial charge in [-0.25, -0.2) is 0 Å². The minimum absolute atomic E-state index is 0.0525. The van der Waals surface area contributed by atoms with Crippen LogP contribution in [0.2, 0.25) is 0 Å². The molecule has 2 atom stereocenters. The summed E-state index contributed by atoms with van der Waals surface area (Å²) in [6.45, 7) is 0. The van der Waals surface area contributed by atoms with Crippen molar-refractivity contribution in [2.75, 3.05) is 0 Å². The van der Waals surface area contributed by atoms with Crippen molar-refractivity contribution in [3.8, 4) is 6.19 Å². The Hall–Kier alpha value is -1.08. The van der Waals surface area contributed by atoms with Crippen LogP contribution in [-0.2, 0) is 4.79 Å². The van der Waals surface area contributed by atoms with Crippen LogP contribution in [0.1, 0.15) is 19.3 Å². The van der Waals surface area contributed by atoms with E-state index in [0.717, 1.165) is 19.3 Å². The van der Waals surface area contributed by atoms with Gasteiger partial charge in [-0.15, -0.1) is 0 Å². The van der Waals surface area contributed by atoms with Crippen LogP contribution in [0, 0.1) is 17.4 Å². The number of nitrogens with two attached hydrogens (primary N) is 1. The molecule has 0 saturated heterocycles. The van der Waals surface area contributed by atoms with Crippen molar-refractivity contribution in [2.45, 2.75) is 25.3 Å². The van der Waals surface area contributed by atoms with Crippen LogP contribution in [0.3, 0.4) is 0 Å². The minimum atomic E-state index is -0.225. The first-order valence-electron chi connectivity index (χ1n) is 3.70. The van der Waals surface area contributed by atoms with E-state index in [9.17, 15) is 4.79 Å². The van der Waals surface area contributed by atoms with Gasteiger partial charge in [0.25, 0.3) is 0 Å². The van der Waals surface area contributed by atoms with Gasteiger partial charge in [-0.3, -0.25) is 10.1 Å². The van der Waals surface area contributed by atoms with Crippen LogP contribution in [-0.4, -0.2) is 11.9 Å². The first-order valence-corrected chi connectivity index (χ1v) is 3.70. The molecule has 4 nitrogen and oxygen atoms in total. The zero-order chi connectivity index (χ0) is 8.27. The second-order valence-electron chi connectivity index (χ2n) is 2.80. The van der Waals surface area contributed by atoms with Gasteiger partial charge in [-0.2, -0.15) is 5.26 Å². The van der Waals surface area contributed by atoms with Gasteiger partial charge in [-0.05, 0) is 12.8 Å². The number of nitrogens with one attached hydrogen (secondary N) is 1. The summed E-state index contributed by atoms with van der Waals surface area (Å²) >= 11 is 0. The lowest BCUT2D eigenvalue weighted by atomic mass is 10.0. The summed E-state index contributed by atoms with van der Waals surface area (Å²) in [5.41, 5.74) is 5.64. The summed E-state index contributed by atoms with van der Waals surface area (Å²) in [4.78, 5) is 11.0. The Balaban J connectivity index is 2.47. The molecule has 1 saturated carbocycles. The maximum Gasteiger partial charge on any atom is 0.237 e. The van der Waals surface area contributed by atoms with E-state index in [-0.39, 0.29) is 17.9 Å². The van der Waals surface area contributed by atoms with Crippen molar-refractivity contribution in [1.29, 1.82) is 5.26 Å². The molecule has 1 amide bonds. The summed E-state index contributed by atoms with van der Waals surface area (Å²) in [5.74, 6) is -0.368. The Labute approximate surface area is 65.4 Å². The van der Waals surface area contributed by atoms with Gasteiger partial charge in [-0.1, -0.05) is 6.42 Å². The molecular weight excluding hydrogens is 142 g/mol. The molecule has 0 aliphatic heterocycles. The first kappa shape index (κ1) is 8.02. The molecule has 1 rings (SSSR count). The van der Waals surface area contributed by atoms with Crippen molar-refractivity contribution in [2.24, 2.45) is 11.7 Å². The molecule has 11 heavy (non-hydrogen) atoms. The number of hydrogen-bond acceptors (Lipinski definition) is 3. The third-order valence-corrected chi connectivity index (χ3v) is 2.09. The van der Waals surface area contributed by atoms with Crippen LogP contribution in [0.25, 0.3) is 0 Å². The normalized spacial score (nSPS) is 29.5. The van der Waals surface area contributed by atoms with E-state index in [1.165, 1.54) is 0 Å². The highest BCUT2D eigenvalue weighted by atomic mass is 16.1. The molecule has 4 heteroatoms. The Kier molecular flexibility index (Phi) is 2.44. The molecule has 60 valence electrons. The van der Waals surface area contributed by atoms with Crippen LogP contribution in [0.4, 0.5) is 0 Å². The van der Waals surface area contributed by atoms with E-state index >= 15 is 0 Å². The Morgan fingerprint density at radius 3 is 2.82 bits per heavy atom. The lowest BCUT2D eigenvalue weighted by molar-refractivity contribution is -0.123. The molecule has 0 heterocycles. The van der Waals surface area contributed by atoms with Gasteiger partial charge in [0.1, 0.15) is 0 Å². The van der Waals surface area contributed by atoms with Gasteiger partial charge in [0.05, 0.1) is 5.92 Å². The molecule has 0 radical (unpaired) electrons. The van der Waals surface area contributed by atoms with Gasteiger partial charge < -0.3 is 5.73 Å². The second-order valence-corrected chi connectivity index (χ2v) is 2.80. The topological polar surface area (TPSA) is 78.9 Å². The maximum absolute atomic E-state index is 11.0. The maximum atomic E-state index is 11.0. The van der Waals surface area contributed by atoms with E-state index in [1.54, 1.807) is 6.19 Å². The van der Waals surface area contributed by atoms with E-state index < -0.39 is 0 Å². The van der Waals surface area contributed by atoms with Crippen LogP contribution in [0.5, 0.6) is 0 Å². The number of rotatable bonds is 1. The number of nitriles is 1. The largest absolute Gasteiger partial charge is 0.327 e. The molecule has 0 bridgehead atoms. The highest BCUT2D eigenvalue weighted by molar-refractivity contribution is 5.80. The number of hydrogen-bond donors (Lipinski definition) is 2. The summed E-state index contributed by atoms with van der Waals surface area (Å²) < 4.78 is 0. The van der Waals surface area contributed by atoms with Crippen LogP contribution >= 0.6 is 0 Å². The molecule has 0 aromatic rings. The van der Waals surface area contributed by atoms with Crippen LogP contribution in [0.15, 0.2) is 0 Å². The van der Waals surface area contributed by atoms with E-state index in [4.69, 9.17) is 11.0 Å². The zero-order valence-corrected chi connectivity index (χ0v) is 6.21. The fraction of sp³-hybridized carbons (Fsp3) is 0.714. The molecule has 3 N–H and O–H groups in total.